The molecule has 1 aliphatic rings. The van der Waals surface area contributed by atoms with Gasteiger partial charge in [0.1, 0.15) is 6.26 Å². The van der Waals surface area contributed by atoms with Crippen LogP contribution >= 0.6 is 0 Å². The van der Waals surface area contributed by atoms with Crippen LogP contribution in [-0.4, -0.2) is 0 Å². The van der Waals surface area contributed by atoms with Gasteiger partial charge in [0.25, 0.3) is 0 Å². The lowest BCUT2D eigenvalue weighted by atomic mass is 10.2. The summed E-state index contributed by atoms with van der Waals surface area (Å²) in [7, 11) is 0. The zero-order valence-corrected chi connectivity index (χ0v) is 15.6. The van der Waals surface area contributed by atoms with E-state index < -0.39 is 0 Å². The molecule has 1 heteroatoms. The van der Waals surface area contributed by atoms with Crippen LogP contribution in [0, 0.1) is 0 Å². The van der Waals surface area contributed by atoms with Gasteiger partial charge in [-0.05, 0) is 12.5 Å². The van der Waals surface area contributed by atoms with E-state index in [-0.39, 0.29) is 0 Å². The molecule has 0 aliphatic carbocycles. The lowest BCUT2D eigenvalue weighted by Gasteiger charge is -1.86. The van der Waals surface area contributed by atoms with E-state index in [1.807, 2.05) is 73.7 Å². The molecular weight excluding hydrogens is 316 g/mol. The summed E-state index contributed by atoms with van der Waals surface area (Å²) in [5, 5.41) is 0. The van der Waals surface area contributed by atoms with Gasteiger partial charge in [-0.1, -0.05) is 123 Å². The first-order valence-electron chi connectivity index (χ1n) is 8.20. The van der Waals surface area contributed by atoms with Crippen molar-refractivity contribution in [3.05, 3.63) is 135 Å². The van der Waals surface area contributed by atoms with E-state index >= 15 is 0 Å². The second-order valence-corrected chi connectivity index (χ2v) is 5.10. The topological polar surface area (TPSA) is 12.5 Å². The number of ether oxygens (including phenoxy) is 1. The van der Waals surface area contributed by atoms with Gasteiger partial charge in [0, 0.05) is 5.56 Å². The lowest BCUT2D eigenvalue weighted by Crippen LogP contribution is -1.68. The number of allylic oxidation sites excluding steroid dienone is 4. The molecule has 134 valence electrons. The molecule has 0 saturated carbocycles. The third-order valence-electron chi connectivity index (χ3n) is 2.84. The van der Waals surface area contributed by atoms with Crippen LogP contribution in [0.25, 0.3) is 11.8 Å². The van der Waals surface area contributed by atoms with E-state index in [1.165, 1.54) is 5.56 Å². The smallest absolute Gasteiger partial charge is 0.168 e. The monoisotopic (exact) mass is 344 g/mol. The van der Waals surface area contributed by atoms with Crippen molar-refractivity contribution in [1.29, 1.82) is 0 Å². The molecule has 0 spiro atoms. The van der Waals surface area contributed by atoms with Crippen LogP contribution in [0.5, 0.6) is 0 Å². The molecule has 2 aromatic carbocycles. The molecule has 0 N–H and O–H groups in total. The van der Waals surface area contributed by atoms with Crippen LogP contribution in [0.2, 0.25) is 0 Å². The van der Waals surface area contributed by atoms with Gasteiger partial charge in [0.2, 0.25) is 0 Å². The van der Waals surface area contributed by atoms with Gasteiger partial charge in [-0.15, -0.1) is 0 Å². The van der Waals surface area contributed by atoms with E-state index in [4.69, 9.17) is 4.74 Å². The highest BCUT2D eigenvalue weighted by Gasteiger charge is 2.10. The lowest BCUT2D eigenvalue weighted by molar-refractivity contribution is 0.563. The molecule has 0 unspecified atom stereocenters. The second kappa shape index (κ2) is 15.2. The summed E-state index contributed by atoms with van der Waals surface area (Å²) in [6, 6.07) is 20.1. The van der Waals surface area contributed by atoms with Crippen LogP contribution < -0.4 is 0 Å². The molecule has 2 aromatic rings. The minimum absolute atomic E-state index is 0.996. The van der Waals surface area contributed by atoms with Crippen molar-refractivity contribution < 1.29 is 4.74 Å². The van der Waals surface area contributed by atoms with Crippen LogP contribution in [0.15, 0.2) is 124 Å². The molecule has 1 aliphatic heterocycles. The highest BCUT2D eigenvalue weighted by Crippen LogP contribution is 2.25. The van der Waals surface area contributed by atoms with Crippen molar-refractivity contribution in [2.24, 2.45) is 0 Å². The van der Waals surface area contributed by atoms with Crippen LogP contribution in [0.4, 0.5) is 0 Å². The Morgan fingerprint density at radius 1 is 0.808 bits per heavy atom. The van der Waals surface area contributed by atoms with E-state index in [0.717, 1.165) is 16.9 Å². The molecule has 1 heterocycles. The number of benzene rings is 2. The molecular formula is C25H28O. The first-order valence-corrected chi connectivity index (χ1v) is 8.20. The first kappa shape index (κ1) is 22.7. The Kier molecular flexibility index (Phi) is 13.3. The van der Waals surface area contributed by atoms with E-state index in [2.05, 4.69) is 32.9 Å². The minimum Gasteiger partial charge on any atom is -0.457 e. The molecule has 1 nitrogen and oxygen atoms in total. The van der Waals surface area contributed by atoms with Gasteiger partial charge in [0.05, 0.1) is 0 Å². The van der Waals surface area contributed by atoms with E-state index in [1.54, 1.807) is 24.5 Å². The SMILES string of the molecule is C1=C(c2ccccc2)O1.C=CC(=C)C.C=CC=C.C=Cc1ccccc1. The Labute approximate surface area is 158 Å². The Hall–Kier alpha value is -3.32. The normalized spacial score (nSPS) is 9.50. The molecule has 0 fully saturated rings. The summed E-state index contributed by atoms with van der Waals surface area (Å²) < 4.78 is 4.89. The first-order chi connectivity index (χ1) is 12.6. The zero-order valence-electron chi connectivity index (χ0n) is 15.6. The summed E-state index contributed by atoms with van der Waals surface area (Å²) >= 11 is 0. The highest BCUT2D eigenvalue weighted by atomic mass is 16.5. The van der Waals surface area contributed by atoms with E-state index in [0.29, 0.717) is 0 Å². The molecule has 0 atom stereocenters. The zero-order chi connectivity index (χ0) is 19.6. The standard InChI is InChI=1S/C8H6O.C8H8.C5H8.C4H6/c1-2-4-7(5-3-1)8-6-9-8;1-2-8-6-4-3-5-7-8;1-4-5(2)3;1-3-4-2/h1-6H;2-7H,1H2;4H,1-2H2,3H3;3-4H,1-2H2. The summed E-state index contributed by atoms with van der Waals surface area (Å²) in [4.78, 5) is 0. The predicted molar refractivity (Wildman–Crippen MR) is 117 cm³/mol. The largest absolute Gasteiger partial charge is 0.457 e. The third kappa shape index (κ3) is 13.1. The van der Waals surface area contributed by atoms with Crippen LogP contribution in [0.1, 0.15) is 18.1 Å². The van der Waals surface area contributed by atoms with Crippen molar-refractivity contribution in [3.63, 3.8) is 0 Å². The summed E-state index contributed by atoms with van der Waals surface area (Å²) in [5.41, 5.74) is 3.36. The van der Waals surface area contributed by atoms with Gasteiger partial charge in [0.15, 0.2) is 5.76 Å². The minimum atomic E-state index is 0.996. The van der Waals surface area contributed by atoms with Crippen molar-refractivity contribution in [2.75, 3.05) is 0 Å². The number of hydrogen-bond donors (Lipinski definition) is 0. The molecule has 0 amide bonds. The van der Waals surface area contributed by atoms with Gasteiger partial charge < -0.3 is 4.74 Å². The van der Waals surface area contributed by atoms with Crippen LogP contribution in [0.3, 0.4) is 0 Å². The van der Waals surface area contributed by atoms with Crippen LogP contribution in [-0.2, 0) is 4.74 Å². The molecule has 0 aromatic heterocycles. The molecule has 3 rings (SSSR count). The fourth-order valence-corrected chi connectivity index (χ4v) is 1.36. The molecule has 26 heavy (non-hydrogen) atoms. The fourth-order valence-electron chi connectivity index (χ4n) is 1.36. The maximum atomic E-state index is 4.89. The number of rotatable bonds is 4. The fraction of sp³-hybridized carbons (Fsp3) is 0.0400. The van der Waals surface area contributed by atoms with Crippen molar-refractivity contribution in [2.45, 2.75) is 6.92 Å². The maximum absolute atomic E-state index is 4.89. The van der Waals surface area contributed by atoms with Gasteiger partial charge in [-0.3, -0.25) is 0 Å². The summed E-state index contributed by atoms with van der Waals surface area (Å²) in [6.45, 7) is 19.3. The maximum Gasteiger partial charge on any atom is 0.168 e. The predicted octanol–water partition coefficient (Wildman–Crippen LogP) is 7.45. The van der Waals surface area contributed by atoms with Gasteiger partial charge in [-0.25, -0.2) is 0 Å². The van der Waals surface area contributed by atoms with Gasteiger partial charge in [-0.2, -0.15) is 0 Å². The average molecular weight is 344 g/mol. The van der Waals surface area contributed by atoms with E-state index in [9.17, 15) is 0 Å². The summed E-state index contributed by atoms with van der Waals surface area (Å²) in [6.07, 6.45) is 8.58. The van der Waals surface area contributed by atoms with Crippen molar-refractivity contribution >= 4 is 11.8 Å². The van der Waals surface area contributed by atoms with Crippen molar-refractivity contribution in [1.82, 2.24) is 0 Å². The van der Waals surface area contributed by atoms with Gasteiger partial charge >= 0.3 is 0 Å². The third-order valence-corrected chi connectivity index (χ3v) is 2.84. The Morgan fingerprint density at radius 3 is 1.50 bits per heavy atom. The molecule has 0 saturated heterocycles. The number of hydrogen-bond acceptors (Lipinski definition) is 1. The highest BCUT2D eigenvalue weighted by molar-refractivity contribution is 5.66. The summed E-state index contributed by atoms with van der Waals surface area (Å²) in [5.74, 6) is 0.996. The van der Waals surface area contributed by atoms with Crippen molar-refractivity contribution in [3.8, 4) is 0 Å². The average Bonchev–Trinajstić information content (AvgIpc) is 3.56. The second-order valence-electron chi connectivity index (χ2n) is 5.10. The Morgan fingerprint density at radius 2 is 1.23 bits per heavy atom. The Bertz CT molecular complexity index is 700. The molecule has 0 radical (unpaired) electrons. The quantitative estimate of drug-likeness (QED) is 0.525. The Balaban J connectivity index is 0.000000340. The molecule has 0 bridgehead atoms.